The van der Waals surface area contributed by atoms with Gasteiger partial charge in [-0.25, -0.2) is 0 Å². The quantitative estimate of drug-likeness (QED) is 0.837. The van der Waals surface area contributed by atoms with E-state index in [0.717, 1.165) is 26.1 Å². The minimum absolute atomic E-state index is 0.0437. The smallest absolute Gasteiger partial charge is 0.255 e. The molecular formula is C16H24N2O2. The summed E-state index contributed by atoms with van der Waals surface area (Å²) in [6, 6.07) is 7.39. The van der Waals surface area contributed by atoms with Gasteiger partial charge in [0.15, 0.2) is 0 Å². The van der Waals surface area contributed by atoms with E-state index in [1.54, 1.807) is 0 Å². The van der Waals surface area contributed by atoms with E-state index in [4.69, 9.17) is 4.74 Å². The Balaban J connectivity index is 1.82. The minimum atomic E-state index is -0.0437. The Kier molecular flexibility index (Phi) is 5.87. The van der Waals surface area contributed by atoms with Crippen molar-refractivity contribution in [2.45, 2.75) is 26.2 Å². The molecule has 110 valence electrons. The number of carbonyl (C=O) groups is 1. The number of hydrogen-bond acceptors (Lipinski definition) is 3. The van der Waals surface area contributed by atoms with Gasteiger partial charge in [0.05, 0.1) is 12.2 Å². The summed E-state index contributed by atoms with van der Waals surface area (Å²) in [7, 11) is 0. The lowest BCUT2D eigenvalue weighted by Gasteiger charge is -2.22. The van der Waals surface area contributed by atoms with Crippen molar-refractivity contribution in [2.24, 2.45) is 5.92 Å². The lowest BCUT2D eigenvalue weighted by Crippen LogP contribution is -2.33. The molecule has 0 saturated carbocycles. The molecule has 1 aromatic carbocycles. The van der Waals surface area contributed by atoms with E-state index in [0.29, 0.717) is 23.8 Å². The summed E-state index contributed by atoms with van der Waals surface area (Å²) in [6.45, 7) is 5.42. The van der Waals surface area contributed by atoms with E-state index in [1.165, 1.54) is 12.8 Å². The highest BCUT2D eigenvalue weighted by atomic mass is 16.5. The maximum Gasteiger partial charge on any atom is 0.255 e. The topological polar surface area (TPSA) is 50.4 Å². The van der Waals surface area contributed by atoms with Crippen molar-refractivity contribution in [1.82, 2.24) is 10.6 Å². The summed E-state index contributed by atoms with van der Waals surface area (Å²) in [6.07, 6.45) is 3.54. The molecule has 1 unspecified atom stereocenters. The number of amides is 1. The molecule has 0 bridgehead atoms. The third-order valence-corrected chi connectivity index (χ3v) is 3.67. The standard InChI is InChI=1S/C16H24N2O2/c1-2-20-15-8-4-3-7-14(15)16(19)18-11-9-13-6-5-10-17-12-13/h3-4,7-8,13,17H,2,5-6,9-12H2,1H3,(H,18,19). The normalized spacial score (nSPS) is 18.6. The largest absolute Gasteiger partial charge is 0.493 e. The summed E-state index contributed by atoms with van der Waals surface area (Å²) >= 11 is 0. The summed E-state index contributed by atoms with van der Waals surface area (Å²) < 4.78 is 5.48. The van der Waals surface area contributed by atoms with E-state index in [2.05, 4.69) is 10.6 Å². The highest BCUT2D eigenvalue weighted by Crippen LogP contribution is 2.18. The molecule has 1 fully saturated rings. The Morgan fingerprint density at radius 3 is 3.05 bits per heavy atom. The molecule has 2 rings (SSSR count). The van der Waals surface area contributed by atoms with Gasteiger partial charge in [0, 0.05) is 6.54 Å². The van der Waals surface area contributed by atoms with Crippen molar-refractivity contribution in [3.05, 3.63) is 29.8 Å². The molecule has 1 saturated heterocycles. The van der Waals surface area contributed by atoms with Crippen molar-refractivity contribution in [1.29, 1.82) is 0 Å². The molecular weight excluding hydrogens is 252 g/mol. The molecule has 1 atom stereocenters. The van der Waals surface area contributed by atoms with Crippen LogP contribution in [-0.4, -0.2) is 32.1 Å². The van der Waals surface area contributed by atoms with Crippen LogP contribution in [0, 0.1) is 5.92 Å². The van der Waals surface area contributed by atoms with Crippen LogP contribution < -0.4 is 15.4 Å². The second kappa shape index (κ2) is 7.90. The maximum absolute atomic E-state index is 12.2. The van der Waals surface area contributed by atoms with Gasteiger partial charge in [-0.1, -0.05) is 12.1 Å². The average Bonchev–Trinajstić information content (AvgIpc) is 2.49. The second-order valence-electron chi connectivity index (χ2n) is 5.19. The van der Waals surface area contributed by atoms with Gasteiger partial charge in [-0.3, -0.25) is 4.79 Å². The first-order chi connectivity index (χ1) is 9.81. The van der Waals surface area contributed by atoms with Crippen LogP contribution >= 0.6 is 0 Å². The lowest BCUT2D eigenvalue weighted by atomic mass is 9.96. The predicted molar refractivity (Wildman–Crippen MR) is 80.2 cm³/mol. The Morgan fingerprint density at radius 1 is 1.45 bits per heavy atom. The number of piperidine rings is 1. The van der Waals surface area contributed by atoms with Crippen LogP contribution in [-0.2, 0) is 0 Å². The first-order valence-electron chi connectivity index (χ1n) is 7.52. The lowest BCUT2D eigenvalue weighted by molar-refractivity contribution is 0.0947. The van der Waals surface area contributed by atoms with Crippen LogP contribution in [0.2, 0.25) is 0 Å². The second-order valence-corrected chi connectivity index (χ2v) is 5.19. The monoisotopic (exact) mass is 276 g/mol. The average molecular weight is 276 g/mol. The zero-order chi connectivity index (χ0) is 14.2. The Morgan fingerprint density at radius 2 is 2.30 bits per heavy atom. The highest BCUT2D eigenvalue weighted by molar-refractivity contribution is 5.96. The molecule has 1 aromatic rings. The molecule has 1 amide bonds. The highest BCUT2D eigenvalue weighted by Gasteiger charge is 2.14. The van der Waals surface area contributed by atoms with Gasteiger partial charge < -0.3 is 15.4 Å². The van der Waals surface area contributed by atoms with Crippen LogP contribution in [0.4, 0.5) is 0 Å². The number of hydrogen-bond donors (Lipinski definition) is 2. The molecule has 0 aromatic heterocycles. The summed E-state index contributed by atoms with van der Waals surface area (Å²) in [5.74, 6) is 1.30. The molecule has 0 aliphatic carbocycles. The summed E-state index contributed by atoms with van der Waals surface area (Å²) in [5, 5.41) is 6.40. The van der Waals surface area contributed by atoms with E-state index in [-0.39, 0.29) is 5.91 Å². The Bertz CT molecular complexity index is 428. The van der Waals surface area contributed by atoms with Crippen LogP contribution in [0.15, 0.2) is 24.3 Å². The van der Waals surface area contributed by atoms with Crippen molar-refractivity contribution in [2.75, 3.05) is 26.2 Å². The number of nitrogens with one attached hydrogen (secondary N) is 2. The van der Waals surface area contributed by atoms with Crippen LogP contribution in [0.3, 0.4) is 0 Å². The van der Waals surface area contributed by atoms with Gasteiger partial charge >= 0.3 is 0 Å². The fourth-order valence-electron chi connectivity index (χ4n) is 2.59. The van der Waals surface area contributed by atoms with Gasteiger partial charge in [0.2, 0.25) is 0 Å². The molecule has 1 aliphatic heterocycles. The fourth-order valence-corrected chi connectivity index (χ4v) is 2.59. The van der Waals surface area contributed by atoms with Gasteiger partial charge in [-0.05, 0) is 57.3 Å². The summed E-state index contributed by atoms with van der Waals surface area (Å²) in [4.78, 5) is 12.2. The van der Waals surface area contributed by atoms with Crippen LogP contribution in [0.1, 0.15) is 36.5 Å². The third-order valence-electron chi connectivity index (χ3n) is 3.67. The molecule has 0 radical (unpaired) electrons. The number of ether oxygens (including phenoxy) is 1. The number of carbonyl (C=O) groups excluding carboxylic acids is 1. The van der Waals surface area contributed by atoms with E-state index < -0.39 is 0 Å². The van der Waals surface area contributed by atoms with Crippen molar-refractivity contribution in [3.8, 4) is 5.75 Å². The molecule has 1 heterocycles. The molecule has 4 nitrogen and oxygen atoms in total. The molecule has 4 heteroatoms. The van der Waals surface area contributed by atoms with Crippen molar-refractivity contribution in [3.63, 3.8) is 0 Å². The molecule has 0 spiro atoms. The zero-order valence-corrected chi connectivity index (χ0v) is 12.2. The Labute approximate surface area is 120 Å². The predicted octanol–water partition coefficient (Wildman–Crippen LogP) is 2.20. The number of rotatable bonds is 6. The minimum Gasteiger partial charge on any atom is -0.493 e. The zero-order valence-electron chi connectivity index (χ0n) is 12.2. The van der Waals surface area contributed by atoms with Gasteiger partial charge in [-0.15, -0.1) is 0 Å². The van der Waals surface area contributed by atoms with E-state index in [9.17, 15) is 4.79 Å². The van der Waals surface area contributed by atoms with Crippen LogP contribution in [0.25, 0.3) is 0 Å². The maximum atomic E-state index is 12.2. The van der Waals surface area contributed by atoms with Gasteiger partial charge in [0.1, 0.15) is 5.75 Å². The fraction of sp³-hybridized carbons (Fsp3) is 0.562. The van der Waals surface area contributed by atoms with Crippen molar-refractivity contribution >= 4 is 5.91 Å². The SMILES string of the molecule is CCOc1ccccc1C(=O)NCCC1CCCNC1. The first kappa shape index (κ1) is 14.9. The third kappa shape index (κ3) is 4.23. The molecule has 20 heavy (non-hydrogen) atoms. The molecule has 2 N–H and O–H groups in total. The number of para-hydroxylation sites is 1. The number of benzene rings is 1. The Hall–Kier alpha value is -1.55. The molecule has 1 aliphatic rings. The van der Waals surface area contributed by atoms with E-state index in [1.807, 2.05) is 31.2 Å². The van der Waals surface area contributed by atoms with Crippen molar-refractivity contribution < 1.29 is 9.53 Å². The summed E-state index contributed by atoms with van der Waals surface area (Å²) in [5.41, 5.74) is 0.621. The van der Waals surface area contributed by atoms with E-state index >= 15 is 0 Å². The van der Waals surface area contributed by atoms with Crippen LogP contribution in [0.5, 0.6) is 5.75 Å². The van der Waals surface area contributed by atoms with Gasteiger partial charge in [0.25, 0.3) is 5.91 Å². The van der Waals surface area contributed by atoms with Gasteiger partial charge in [-0.2, -0.15) is 0 Å². The first-order valence-corrected chi connectivity index (χ1v) is 7.52.